The molecule has 0 bridgehead atoms. The minimum atomic E-state index is 0.536. The largest absolute Gasteiger partial charge is 0.486 e. The molecule has 0 aliphatic carbocycles. The lowest BCUT2D eigenvalue weighted by Gasteiger charge is -2.31. The van der Waals surface area contributed by atoms with Crippen LogP contribution in [0.15, 0.2) is 24.4 Å². The number of H-pyrrole nitrogens is 1. The lowest BCUT2D eigenvalue weighted by molar-refractivity contribution is 0.171. The second-order valence-corrected chi connectivity index (χ2v) is 6.22. The van der Waals surface area contributed by atoms with Gasteiger partial charge >= 0.3 is 0 Å². The molecule has 2 N–H and O–H groups in total. The van der Waals surface area contributed by atoms with Gasteiger partial charge in [0.15, 0.2) is 11.5 Å². The summed E-state index contributed by atoms with van der Waals surface area (Å²) >= 11 is 0. The fraction of sp³-hybridized carbons (Fsp3) is 0.471. The standard InChI is InChI=1S/C17H22N4O2/c1-12-10-21(5-4-18-12)11-14-9-19-20-17(14)13-2-3-15-16(8-13)23-7-6-22-15/h2-3,8-9,12,18H,4-7,10-11H2,1H3,(H,19,20)/t12-/m0/s1. The molecule has 1 aromatic carbocycles. The van der Waals surface area contributed by atoms with Crippen molar-refractivity contribution >= 4 is 0 Å². The van der Waals surface area contributed by atoms with Crippen LogP contribution in [0.4, 0.5) is 0 Å². The quantitative estimate of drug-likeness (QED) is 0.902. The van der Waals surface area contributed by atoms with Crippen molar-refractivity contribution in [3.63, 3.8) is 0 Å². The normalized spacial score (nSPS) is 21.3. The highest BCUT2D eigenvalue weighted by atomic mass is 16.6. The van der Waals surface area contributed by atoms with E-state index in [4.69, 9.17) is 9.47 Å². The van der Waals surface area contributed by atoms with Gasteiger partial charge in [0.25, 0.3) is 0 Å². The summed E-state index contributed by atoms with van der Waals surface area (Å²) < 4.78 is 11.3. The summed E-state index contributed by atoms with van der Waals surface area (Å²) in [6.45, 7) is 7.52. The van der Waals surface area contributed by atoms with Crippen molar-refractivity contribution in [2.75, 3.05) is 32.8 Å². The summed E-state index contributed by atoms with van der Waals surface area (Å²) in [6, 6.07) is 6.60. The van der Waals surface area contributed by atoms with Gasteiger partial charge in [-0.1, -0.05) is 0 Å². The molecule has 0 amide bonds. The van der Waals surface area contributed by atoms with Crippen LogP contribution in [0, 0.1) is 0 Å². The molecular formula is C17H22N4O2. The molecule has 122 valence electrons. The van der Waals surface area contributed by atoms with E-state index in [1.807, 2.05) is 18.3 Å². The molecule has 1 saturated heterocycles. The summed E-state index contributed by atoms with van der Waals surface area (Å²) in [5.74, 6) is 1.63. The number of aromatic nitrogens is 2. The van der Waals surface area contributed by atoms with Crippen LogP contribution in [0.5, 0.6) is 11.5 Å². The zero-order valence-electron chi connectivity index (χ0n) is 13.3. The molecule has 0 unspecified atom stereocenters. The molecule has 1 aromatic heterocycles. The highest BCUT2D eigenvalue weighted by Gasteiger charge is 2.19. The SMILES string of the molecule is C[C@H]1CN(Cc2cn[nH]c2-c2ccc3c(c2)OCCO3)CCN1. The zero-order chi connectivity index (χ0) is 15.6. The van der Waals surface area contributed by atoms with Crippen LogP contribution in [0.3, 0.4) is 0 Å². The first-order valence-electron chi connectivity index (χ1n) is 8.17. The number of nitrogens with zero attached hydrogens (tertiary/aromatic N) is 2. The van der Waals surface area contributed by atoms with Gasteiger partial charge in [-0.25, -0.2) is 0 Å². The first-order chi connectivity index (χ1) is 11.3. The highest BCUT2D eigenvalue weighted by molar-refractivity contribution is 5.66. The van der Waals surface area contributed by atoms with E-state index >= 15 is 0 Å². The molecule has 3 heterocycles. The fourth-order valence-electron chi connectivity index (χ4n) is 3.28. The maximum atomic E-state index is 5.69. The third-order valence-corrected chi connectivity index (χ3v) is 4.40. The number of aromatic amines is 1. The number of hydrogen-bond donors (Lipinski definition) is 2. The Morgan fingerprint density at radius 3 is 3.00 bits per heavy atom. The number of fused-ring (bicyclic) bond motifs is 1. The molecule has 1 fully saturated rings. The van der Waals surface area contributed by atoms with Gasteiger partial charge in [-0.05, 0) is 25.1 Å². The van der Waals surface area contributed by atoms with Crippen molar-refractivity contribution in [3.05, 3.63) is 30.0 Å². The molecule has 23 heavy (non-hydrogen) atoms. The predicted molar refractivity (Wildman–Crippen MR) is 87.8 cm³/mol. The van der Waals surface area contributed by atoms with Gasteiger partial charge in [0.1, 0.15) is 13.2 Å². The van der Waals surface area contributed by atoms with E-state index in [-0.39, 0.29) is 0 Å². The Labute approximate surface area is 135 Å². The Morgan fingerprint density at radius 1 is 1.26 bits per heavy atom. The van der Waals surface area contributed by atoms with Crippen LogP contribution in [0.2, 0.25) is 0 Å². The number of piperazine rings is 1. The van der Waals surface area contributed by atoms with Gasteiger partial charge in [-0.15, -0.1) is 0 Å². The Hall–Kier alpha value is -2.05. The molecule has 0 radical (unpaired) electrons. The van der Waals surface area contributed by atoms with Gasteiger partial charge in [0.2, 0.25) is 0 Å². The number of rotatable bonds is 3. The third-order valence-electron chi connectivity index (χ3n) is 4.40. The molecule has 1 atom stereocenters. The van der Waals surface area contributed by atoms with E-state index in [9.17, 15) is 0 Å². The van der Waals surface area contributed by atoms with E-state index in [0.717, 1.165) is 48.9 Å². The van der Waals surface area contributed by atoms with E-state index in [1.54, 1.807) is 0 Å². The van der Waals surface area contributed by atoms with Crippen LogP contribution in [-0.2, 0) is 6.54 Å². The summed E-state index contributed by atoms with van der Waals surface area (Å²) in [5, 5.41) is 10.9. The van der Waals surface area contributed by atoms with Crippen molar-refractivity contribution in [2.45, 2.75) is 19.5 Å². The maximum absolute atomic E-state index is 5.69. The highest BCUT2D eigenvalue weighted by Crippen LogP contribution is 2.35. The smallest absolute Gasteiger partial charge is 0.162 e. The molecular weight excluding hydrogens is 292 g/mol. The first-order valence-corrected chi connectivity index (χ1v) is 8.17. The van der Waals surface area contributed by atoms with E-state index in [1.165, 1.54) is 5.56 Å². The molecule has 4 rings (SSSR count). The average molecular weight is 314 g/mol. The zero-order valence-corrected chi connectivity index (χ0v) is 13.3. The van der Waals surface area contributed by atoms with Crippen LogP contribution >= 0.6 is 0 Å². The second kappa shape index (κ2) is 6.22. The minimum absolute atomic E-state index is 0.536. The van der Waals surface area contributed by atoms with E-state index in [2.05, 4.69) is 33.4 Å². The number of nitrogens with one attached hydrogen (secondary N) is 2. The maximum Gasteiger partial charge on any atom is 0.162 e. The van der Waals surface area contributed by atoms with Crippen molar-refractivity contribution in [1.29, 1.82) is 0 Å². The van der Waals surface area contributed by atoms with Gasteiger partial charge in [-0.3, -0.25) is 10.00 Å². The molecule has 6 nitrogen and oxygen atoms in total. The molecule has 2 aliphatic rings. The van der Waals surface area contributed by atoms with Crippen molar-refractivity contribution in [3.8, 4) is 22.8 Å². The van der Waals surface area contributed by atoms with Gasteiger partial charge in [0, 0.05) is 43.3 Å². The molecule has 6 heteroatoms. The summed E-state index contributed by atoms with van der Waals surface area (Å²) in [7, 11) is 0. The van der Waals surface area contributed by atoms with Crippen molar-refractivity contribution in [2.24, 2.45) is 0 Å². The van der Waals surface area contributed by atoms with Crippen LogP contribution < -0.4 is 14.8 Å². The molecule has 0 saturated carbocycles. The molecule has 2 aromatic rings. The first kappa shape index (κ1) is 14.5. The second-order valence-electron chi connectivity index (χ2n) is 6.22. The summed E-state index contributed by atoms with van der Waals surface area (Å²) in [5.41, 5.74) is 3.37. The lowest BCUT2D eigenvalue weighted by atomic mass is 10.1. The number of benzene rings is 1. The Balaban J connectivity index is 1.57. The minimum Gasteiger partial charge on any atom is -0.486 e. The van der Waals surface area contributed by atoms with E-state index < -0.39 is 0 Å². The molecule has 0 spiro atoms. The monoisotopic (exact) mass is 314 g/mol. The Bertz CT molecular complexity index is 685. The van der Waals surface area contributed by atoms with Gasteiger partial charge < -0.3 is 14.8 Å². The summed E-state index contributed by atoms with van der Waals surface area (Å²) in [4.78, 5) is 2.47. The van der Waals surface area contributed by atoms with Crippen LogP contribution in [0.1, 0.15) is 12.5 Å². The topological polar surface area (TPSA) is 62.4 Å². The Kier molecular flexibility index (Phi) is 3.93. The third kappa shape index (κ3) is 3.04. The van der Waals surface area contributed by atoms with Crippen molar-refractivity contribution in [1.82, 2.24) is 20.4 Å². The fourth-order valence-corrected chi connectivity index (χ4v) is 3.28. The Morgan fingerprint density at radius 2 is 2.13 bits per heavy atom. The van der Waals surface area contributed by atoms with Crippen molar-refractivity contribution < 1.29 is 9.47 Å². The molecule has 2 aliphatic heterocycles. The van der Waals surface area contributed by atoms with Crippen LogP contribution in [-0.4, -0.2) is 54.0 Å². The number of ether oxygens (including phenoxy) is 2. The van der Waals surface area contributed by atoms with Gasteiger partial charge in [-0.2, -0.15) is 5.10 Å². The van der Waals surface area contributed by atoms with E-state index in [0.29, 0.717) is 19.3 Å². The van der Waals surface area contributed by atoms with Gasteiger partial charge in [0.05, 0.1) is 11.9 Å². The van der Waals surface area contributed by atoms with Crippen LogP contribution in [0.25, 0.3) is 11.3 Å². The summed E-state index contributed by atoms with van der Waals surface area (Å²) in [6.07, 6.45) is 1.93. The lowest BCUT2D eigenvalue weighted by Crippen LogP contribution is -2.48. The average Bonchev–Trinajstić information content (AvgIpc) is 3.02. The number of hydrogen-bond acceptors (Lipinski definition) is 5. The predicted octanol–water partition coefficient (Wildman–Crippen LogP) is 1.64.